The molecule has 0 amide bonds. The van der Waals surface area contributed by atoms with Gasteiger partial charge < -0.3 is 14.6 Å². The Balaban J connectivity index is 1.90. The topological polar surface area (TPSA) is 84.8 Å². The van der Waals surface area contributed by atoms with E-state index in [0.717, 1.165) is 17.1 Å². The summed E-state index contributed by atoms with van der Waals surface area (Å²) < 4.78 is 35.5. The molecule has 1 fully saturated rings. The second kappa shape index (κ2) is 10.6. The van der Waals surface area contributed by atoms with Crippen LogP contribution in [0.1, 0.15) is 44.2 Å². The molecule has 7 nitrogen and oxygen atoms in total. The largest absolute Gasteiger partial charge is 0.481 e. The van der Waals surface area contributed by atoms with Crippen LogP contribution in [0.4, 0.5) is 8.78 Å². The molecule has 0 radical (unpaired) electrons. The number of rotatable bonds is 9. The maximum Gasteiger partial charge on any atom is 0.388 e. The Hall–Kier alpha value is -2.17. The van der Waals surface area contributed by atoms with Gasteiger partial charge in [0.1, 0.15) is 5.01 Å². The van der Waals surface area contributed by atoms with E-state index >= 15 is 0 Å². The highest BCUT2D eigenvalue weighted by Crippen LogP contribution is 2.44. The normalized spacial score (nSPS) is 21.7. The molecule has 0 bridgehead atoms. The number of aromatic nitrogens is 2. The third kappa shape index (κ3) is 6.09. The number of ether oxygens (including phenoxy) is 2. The SMILES string of the molecule is COCC[C@@]1(C(=O)O)C[C@@H](C(C)(C)C)CN(Cc2sc(-c3cccnc3OC(F)F)nc2C)C1. The molecule has 0 unspecified atom stereocenters. The number of thiazole rings is 1. The Bertz CT molecular complexity index is 995. The lowest BCUT2D eigenvalue weighted by Crippen LogP contribution is -2.53. The number of hydrogen-bond donors (Lipinski definition) is 1. The van der Waals surface area contributed by atoms with Gasteiger partial charge >= 0.3 is 12.6 Å². The van der Waals surface area contributed by atoms with E-state index in [-0.39, 0.29) is 17.2 Å². The van der Waals surface area contributed by atoms with Crippen molar-refractivity contribution < 1.29 is 28.2 Å². The molecule has 0 aromatic carbocycles. The van der Waals surface area contributed by atoms with Crippen LogP contribution < -0.4 is 4.74 Å². The third-order valence-corrected chi connectivity index (χ3v) is 7.74. The van der Waals surface area contributed by atoms with E-state index < -0.39 is 18.0 Å². The van der Waals surface area contributed by atoms with Crippen molar-refractivity contribution in [1.29, 1.82) is 0 Å². The average molecular weight is 498 g/mol. The summed E-state index contributed by atoms with van der Waals surface area (Å²) in [6.07, 6.45) is 2.44. The van der Waals surface area contributed by atoms with Crippen molar-refractivity contribution in [3.8, 4) is 16.5 Å². The molecule has 188 valence electrons. The Morgan fingerprint density at radius 1 is 1.41 bits per heavy atom. The maximum atomic E-state index is 12.8. The minimum absolute atomic E-state index is 0.0580. The van der Waals surface area contributed by atoms with Crippen LogP contribution >= 0.6 is 11.3 Å². The zero-order chi connectivity index (χ0) is 25.1. The van der Waals surface area contributed by atoms with Gasteiger partial charge in [-0.05, 0) is 43.2 Å². The molecular formula is C24H33F2N3O4S. The van der Waals surface area contributed by atoms with Crippen LogP contribution in [0.25, 0.3) is 10.6 Å². The first-order chi connectivity index (χ1) is 15.9. The molecule has 0 spiro atoms. The predicted octanol–water partition coefficient (Wildman–Crippen LogP) is 5.09. The number of methoxy groups -OCH3 is 1. The average Bonchev–Trinajstić information content (AvgIpc) is 3.11. The van der Waals surface area contributed by atoms with Gasteiger partial charge in [-0.3, -0.25) is 9.69 Å². The number of aliphatic carboxylic acids is 1. The number of halogens is 2. The van der Waals surface area contributed by atoms with Crippen molar-refractivity contribution in [2.24, 2.45) is 16.7 Å². The first-order valence-electron chi connectivity index (χ1n) is 11.3. The highest BCUT2D eigenvalue weighted by atomic mass is 32.1. The zero-order valence-electron chi connectivity index (χ0n) is 20.3. The van der Waals surface area contributed by atoms with E-state index in [1.165, 1.54) is 17.5 Å². The molecule has 2 aromatic rings. The minimum atomic E-state index is -2.98. The number of carboxylic acids is 1. The van der Waals surface area contributed by atoms with Gasteiger partial charge in [-0.15, -0.1) is 11.3 Å². The molecule has 2 aromatic heterocycles. The van der Waals surface area contributed by atoms with E-state index in [9.17, 15) is 18.7 Å². The number of likely N-dealkylation sites (tertiary alicyclic amines) is 1. The van der Waals surface area contributed by atoms with E-state index in [2.05, 4.69) is 40.4 Å². The second-order valence-corrected chi connectivity index (χ2v) is 11.1. The van der Waals surface area contributed by atoms with Crippen LogP contribution in [0.3, 0.4) is 0 Å². The molecule has 1 saturated heterocycles. The van der Waals surface area contributed by atoms with Crippen LogP contribution in [0.15, 0.2) is 18.3 Å². The summed E-state index contributed by atoms with van der Waals surface area (Å²) in [5.41, 5.74) is 0.239. The molecule has 3 rings (SSSR count). The summed E-state index contributed by atoms with van der Waals surface area (Å²) in [6.45, 7) is 7.43. The number of hydrogen-bond acceptors (Lipinski definition) is 7. The number of pyridine rings is 1. The molecular weight excluding hydrogens is 464 g/mol. The molecule has 10 heteroatoms. The molecule has 34 heavy (non-hydrogen) atoms. The quantitative estimate of drug-likeness (QED) is 0.516. The van der Waals surface area contributed by atoms with Gasteiger partial charge in [-0.1, -0.05) is 20.8 Å². The van der Waals surface area contributed by atoms with Gasteiger partial charge in [0.2, 0.25) is 5.88 Å². The Labute approximate surface area is 203 Å². The molecule has 0 aliphatic carbocycles. The summed E-state index contributed by atoms with van der Waals surface area (Å²) >= 11 is 1.39. The molecule has 0 saturated carbocycles. The fourth-order valence-electron chi connectivity index (χ4n) is 4.47. The summed E-state index contributed by atoms with van der Waals surface area (Å²) in [5, 5.41) is 10.8. The Morgan fingerprint density at radius 2 is 2.15 bits per heavy atom. The van der Waals surface area contributed by atoms with E-state index in [4.69, 9.17) is 4.74 Å². The monoisotopic (exact) mass is 497 g/mol. The predicted molar refractivity (Wildman–Crippen MR) is 126 cm³/mol. The first-order valence-corrected chi connectivity index (χ1v) is 12.1. The van der Waals surface area contributed by atoms with E-state index in [1.807, 2.05) is 6.92 Å². The number of nitrogens with zero attached hydrogens (tertiary/aromatic N) is 3. The summed E-state index contributed by atoms with van der Waals surface area (Å²) in [5.74, 6) is -0.770. The smallest absolute Gasteiger partial charge is 0.388 e. The van der Waals surface area contributed by atoms with Crippen molar-refractivity contribution in [3.63, 3.8) is 0 Å². The standard InChI is InChI=1S/C24H33F2N3O4S/c1-15-18(34-20(28-15)17-7-6-9-27-19(17)33-22(25)26)13-29-12-16(23(2,3)4)11-24(14-29,21(30)31)8-10-32-5/h6-7,9,16,22H,8,10-14H2,1-5H3,(H,30,31)/t16-,24-/m1/s1. The lowest BCUT2D eigenvalue weighted by Gasteiger charge is -2.48. The van der Waals surface area contributed by atoms with Crippen molar-refractivity contribution in [2.45, 2.75) is 53.7 Å². The zero-order valence-corrected chi connectivity index (χ0v) is 21.1. The summed E-state index contributed by atoms with van der Waals surface area (Å²) in [7, 11) is 1.59. The molecule has 2 atom stereocenters. The fourth-order valence-corrected chi connectivity index (χ4v) is 5.59. The fraction of sp³-hybridized carbons (Fsp3) is 0.625. The van der Waals surface area contributed by atoms with E-state index in [1.54, 1.807) is 19.2 Å². The molecule has 1 aliphatic heterocycles. The van der Waals surface area contributed by atoms with Gasteiger partial charge in [0.05, 0.1) is 16.7 Å². The first kappa shape index (κ1) is 26.4. The van der Waals surface area contributed by atoms with Crippen LogP contribution in [0.5, 0.6) is 5.88 Å². The molecule has 3 heterocycles. The lowest BCUT2D eigenvalue weighted by molar-refractivity contribution is -0.157. The Kier molecular flexibility index (Phi) is 8.26. The van der Waals surface area contributed by atoms with Crippen molar-refractivity contribution in [3.05, 3.63) is 28.9 Å². The lowest BCUT2D eigenvalue weighted by atomic mass is 9.66. The van der Waals surface area contributed by atoms with Crippen LogP contribution in [-0.2, 0) is 16.1 Å². The Morgan fingerprint density at radius 3 is 2.76 bits per heavy atom. The number of carbonyl (C=O) groups is 1. The van der Waals surface area contributed by atoms with Crippen LogP contribution in [-0.4, -0.2) is 59.4 Å². The van der Waals surface area contributed by atoms with Crippen molar-refractivity contribution in [2.75, 3.05) is 26.8 Å². The maximum absolute atomic E-state index is 12.8. The van der Waals surface area contributed by atoms with Crippen molar-refractivity contribution >= 4 is 17.3 Å². The number of piperidine rings is 1. The number of aryl methyl sites for hydroxylation is 1. The van der Waals surface area contributed by atoms with Gasteiger partial charge in [0.15, 0.2) is 0 Å². The number of carboxylic acid groups (broad SMARTS) is 1. The molecule has 1 N–H and O–H groups in total. The van der Waals surface area contributed by atoms with E-state index in [0.29, 0.717) is 43.1 Å². The van der Waals surface area contributed by atoms with Gasteiger partial charge in [0, 0.05) is 44.4 Å². The highest BCUT2D eigenvalue weighted by molar-refractivity contribution is 7.15. The van der Waals surface area contributed by atoms with Crippen molar-refractivity contribution in [1.82, 2.24) is 14.9 Å². The van der Waals surface area contributed by atoms with Gasteiger partial charge in [-0.25, -0.2) is 9.97 Å². The second-order valence-electron chi connectivity index (χ2n) is 10.0. The van der Waals surface area contributed by atoms with Crippen LogP contribution in [0.2, 0.25) is 0 Å². The third-order valence-electron chi connectivity index (χ3n) is 6.57. The van der Waals surface area contributed by atoms with Gasteiger partial charge in [0.25, 0.3) is 0 Å². The summed E-state index contributed by atoms with van der Waals surface area (Å²) in [4.78, 5) is 24.1. The highest BCUT2D eigenvalue weighted by Gasteiger charge is 2.48. The minimum Gasteiger partial charge on any atom is -0.481 e. The molecule has 1 aliphatic rings. The van der Waals surface area contributed by atoms with Crippen LogP contribution in [0, 0.1) is 23.7 Å². The number of alkyl halides is 2. The summed E-state index contributed by atoms with van der Waals surface area (Å²) in [6, 6.07) is 3.31. The van der Waals surface area contributed by atoms with Gasteiger partial charge in [-0.2, -0.15) is 8.78 Å².